The molecule has 0 aliphatic rings. The first kappa shape index (κ1) is 12.4. The molecule has 0 atom stereocenters. The van der Waals surface area contributed by atoms with Crippen molar-refractivity contribution in [1.82, 2.24) is 0 Å². The number of nitrogens with zero attached hydrogens (tertiary/aromatic N) is 1. The number of benzene rings is 2. The largest absolute Gasteiger partial charge is 0.478 e. The Labute approximate surface area is 116 Å². The molecule has 1 N–H and O–H groups in total. The SMILES string of the molecule is O=C(O)c1cc[n+](Cc2ccccc2)c2ccccc12. The number of hydrogen-bond donors (Lipinski definition) is 1. The average molecular weight is 264 g/mol. The summed E-state index contributed by atoms with van der Waals surface area (Å²) in [6.45, 7) is 0.723. The van der Waals surface area contributed by atoms with Gasteiger partial charge in [0, 0.05) is 17.7 Å². The van der Waals surface area contributed by atoms with Crippen molar-refractivity contribution in [3.63, 3.8) is 0 Å². The Hall–Kier alpha value is -2.68. The summed E-state index contributed by atoms with van der Waals surface area (Å²) in [4.78, 5) is 11.3. The van der Waals surface area contributed by atoms with Crippen LogP contribution in [0.4, 0.5) is 0 Å². The lowest BCUT2D eigenvalue weighted by molar-refractivity contribution is -0.662. The maximum absolute atomic E-state index is 11.3. The topological polar surface area (TPSA) is 41.2 Å². The maximum Gasteiger partial charge on any atom is 0.336 e. The summed E-state index contributed by atoms with van der Waals surface area (Å²) in [7, 11) is 0. The highest BCUT2D eigenvalue weighted by atomic mass is 16.4. The molecular weight excluding hydrogens is 250 g/mol. The first-order valence-electron chi connectivity index (χ1n) is 6.44. The number of carboxylic acid groups (broad SMARTS) is 1. The molecule has 0 aliphatic heterocycles. The number of pyridine rings is 1. The smallest absolute Gasteiger partial charge is 0.336 e. The molecule has 3 rings (SSSR count). The van der Waals surface area contributed by atoms with Crippen LogP contribution in [-0.4, -0.2) is 11.1 Å². The lowest BCUT2D eigenvalue weighted by Gasteiger charge is -2.04. The Morgan fingerprint density at radius 3 is 2.40 bits per heavy atom. The van der Waals surface area contributed by atoms with Crippen LogP contribution >= 0.6 is 0 Å². The molecule has 0 bridgehead atoms. The standard InChI is InChI=1S/C17H13NO2/c19-17(20)15-10-11-18(12-13-6-2-1-3-7-13)16-9-5-4-8-14(15)16/h1-11H,12H2/p+1. The van der Waals surface area contributed by atoms with Crippen LogP contribution in [0.1, 0.15) is 15.9 Å². The predicted octanol–water partition coefficient (Wildman–Crippen LogP) is 2.87. The Bertz CT molecular complexity index is 766. The first-order chi connectivity index (χ1) is 9.75. The number of aromatic carboxylic acids is 1. The van der Waals surface area contributed by atoms with Gasteiger partial charge in [0.1, 0.15) is 0 Å². The Morgan fingerprint density at radius 1 is 0.950 bits per heavy atom. The molecule has 0 saturated carbocycles. The highest BCUT2D eigenvalue weighted by Crippen LogP contribution is 2.15. The normalized spacial score (nSPS) is 10.6. The van der Waals surface area contributed by atoms with E-state index in [2.05, 4.69) is 16.7 Å². The van der Waals surface area contributed by atoms with Gasteiger partial charge in [-0.05, 0) is 6.07 Å². The van der Waals surface area contributed by atoms with Crippen LogP contribution < -0.4 is 4.57 Å². The highest BCUT2D eigenvalue weighted by Gasteiger charge is 2.16. The predicted molar refractivity (Wildman–Crippen MR) is 76.6 cm³/mol. The van der Waals surface area contributed by atoms with Crippen molar-refractivity contribution < 1.29 is 14.5 Å². The lowest BCUT2D eigenvalue weighted by atomic mass is 10.1. The number of carboxylic acids is 1. The van der Waals surface area contributed by atoms with Crippen LogP contribution in [0, 0.1) is 0 Å². The molecule has 2 aromatic carbocycles. The number of fused-ring (bicyclic) bond motifs is 1. The van der Waals surface area contributed by atoms with Crippen molar-refractivity contribution in [1.29, 1.82) is 0 Å². The second kappa shape index (κ2) is 5.13. The Morgan fingerprint density at radius 2 is 1.65 bits per heavy atom. The summed E-state index contributed by atoms with van der Waals surface area (Å²) >= 11 is 0. The summed E-state index contributed by atoms with van der Waals surface area (Å²) in [5.41, 5.74) is 2.45. The number of carbonyl (C=O) groups is 1. The van der Waals surface area contributed by atoms with Gasteiger partial charge in [0.2, 0.25) is 5.52 Å². The summed E-state index contributed by atoms with van der Waals surface area (Å²) < 4.78 is 2.07. The molecule has 0 amide bonds. The maximum atomic E-state index is 11.3. The van der Waals surface area contributed by atoms with Gasteiger partial charge < -0.3 is 5.11 Å². The Kier molecular flexibility index (Phi) is 3.17. The van der Waals surface area contributed by atoms with Gasteiger partial charge >= 0.3 is 5.97 Å². The van der Waals surface area contributed by atoms with E-state index < -0.39 is 5.97 Å². The molecular formula is C17H14NO2+. The second-order valence-corrected chi connectivity index (χ2v) is 4.67. The van der Waals surface area contributed by atoms with Gasteiger partial charge in [0.05, 0.1) is 10.9 Å². The number of hydrogen-bond acceptors (Lipinski definition) is 1. The van der Waals surface area contributed by atoms with Gasteiger partial charge in [-0.3, -0.25) is 0 Å². The minimum Gasteiger partial charge on any atom is -0.478 e. The fourth-order valence-electron chi connectivity index (χ4n) is 2.39. The molecule has 98 valence electrons. The molecule has 1 heterocycles. The van der Waals surface area contributed by atoms with E-state index in [4.69, 9.17) is 0 Å². The minimum absolute atomic E-state index is 0.338. The van der Waals surface area contributed by atoms with Gasteiger partial charge in [-0.1, -0.05) is 42.5 Å². The molecule has 0 saturated heterocycles. The van der Waals surface area contributed by atoms with Crippen LogP contribution in [0.3, 0.4) is 0 Å². The third kappa shape index (κ3) is 2.26. The van der Waals surface area contributed by atoms with E-state index in [0.29, 0.717) is 5.56 Å². The zero-order chi connectivity index (χ0) is 13.9. The molecule has 3 heteroatoms. The van der Waals surface area contributed by atoms with E-state index in [0.717, 1.165) is 17.4 Å². The van der Waals surface area contributed by atoms with Gasteiger partial charge in [-0.15, -0.1) is 0 Å². The molecule has 1 aromatic heterocycles. The summed E-state index contributed by atoms with van der Waals surface area (Å²) in [6, 6.07) is 19.4. The number of para-hydroxylation sites is 1. The van der Waals surface area contributed by atoms with Gasteiger partial charge in [0.15, 0.2) is 12.7 Å². The molecule has 0 unspecified atom stereocenters. The van der Waals surface area contributed by atoms with Crippen LogP contribution in [0.25, 0.3) is 10.9 Å². The number of rotatable bonds is 3. The van der Waals surface area contributed by atoms with Crippen LogP contribution in [0.15, 0.2) is 66.9 Å². The van der Waals surface area contributed by atoms with Gasteiger partial charge in [-0.2, -0.15) is 4.57 Å². The average Bonchev–Trinajstić information content (AvgIpc) is 2.48. The van der Waals surface area contributed by atoms with Crippen molar-refractivity contribution in [2.75, 3.05) is 0 Å². The minimum atomic E-state index is -0.895. The van der Waals surface area contributed by atoms with Crippen LogP contribution in [0.5, 0.6) is 0 Å². The lowest BCUT2D eigenvalue weighted by Crippen LogP contribution is -2.35. The van der Waals surface area contributed by atoms with E-state index in [-0.39, 0.29) is 0 Å². The highest BCUT2D eigenvalue weighted by molar-refractivity contribution is 6.01. The molecule has 0 aliphatic carbocycles. The van der Waals surface area contributed by atoms with E-state index in [1.54, 1.807) is 6.07 Å². The fourth-order valence-corrected chi connectivity index (χ4v) is 2.39. The molecule has 3 aromatic rings. The third-order valence-electron chi connectivity index (χ3n) is 3.35. The molecule has 0 spiro atoms. The van der Waals surface area contributed by atoms with Crippen molar-refractivity contribution in [3.05, 3.63) is 78.0 Å². The zero-order valence-electron chi connectivity index (χ0n) is 10.9. The van der Waals surface area contributed by atoms with E-state index in [1.165, 1.54) is 5.56 Å². The van der Waals surface area contributed by atoms with E-state index in [1.807, 2.05) is 48.7 Å². The van der Waals surface area contributed by atoms with E-state index >= 15 is 0 Å². The van der Waals surface area contributed by atoms with Crippen molar-refractivity contribution >= 4 is 16.9 Å². The van der Waals surface area contributed by atoms with Crippen molar-refractivity contribution in [2.45, 2.75) is 6.54 Å². The molecule has 20 heavy (non-hydrogen) atoms. The Balaban J connectivity index is 2.13. The van der Waals surface area contributed by atoms with Crippen molar-refractivity contribution in [3.8, 4) is 0 Å². The monoisotopic (exact) mass is 264 g/mol. The van der Waals surface area contributed by atoms with E-state index in [9.17, 15) is 9.90 Å². The molecule has 0 fully saturated rings. The van der Waals surface area contributed by atoms with Gasteiger partial charge in [0.25, 0.3) is 0 Å². The summed E-state index contributed by atoms with van der Waals surface area (Å²) in [5, 5.41) is 10.0. The van der Waals surface area contributed by atoms with Crippen LogP contribution in [-0.2, 0) is 6.54 Å². The zero-order valence-corrected chi connectivity index (χ0v) is 10.9. The number of aromatic nitrogens is 1. The fraction of sp³-hybridized carbons (Fsp3) is 0.0588. The molecule has 3 nitrogen and oxygen atoms in total. The van der Waals surface area contributed by atoms with Crippen molar-refractivity contribution in [2.24, 2.45) is 0 Å². The summed E-state index contributed by atoms with van der Waals surface area (Å²) in [5.74, 6) is -0.895. The van der Waals surface area contributed by atoms with Crippen LogP contribution in [0.2, 0.25) is 0 Å². The third-order valence-corrected chi connectivity index (χ3v) is 3.35. The first-order valence-corrected chi connectivity index (χ1v) is 6.44. The molecule has 0 radical (unpaired) electrons. The summed E-state index contributed by atoms with van der Waals surface area (Å²) in [6.07, 6.45) is 1.83. The quantitative estimate of drug-likeness (QED) is 0.739. The second-order valence-electron chi connectivity index (χ2n) is 4.67. The van der Waals surface area contributed by atoms with Gasteiger partial charge in [-0.25, -0.2) is 4.79 Å².